The fraction of sp³-hybridized carbons (Fsp3) is 0.444. The number of nitrogens with one attached hydrogen (secondary N) is 1. The molecule has 0 saturated carbocycles. The summed E-state index contributed by atoms with van der Waals surface area (Å²) in [7, 11) is 1.70. The van der Waals surface area contributed by atoms with Gasteiger partial charge in [0.05, 0.1) is 25.8 Å². The Kier molecular flexibility index (Phi) is 4.35. The summed E-state index contributed by atoms with van der Waals surface area (Å²) in [5.74, 6) is 1.74. The molecule has 7 heteroatoms. The Bertz CT molecular complexity index is 882. The maximum Gasteiger partial charge on any atom is 0.235 e. The predicted octanol–water partition coefficient (Wildman–Crippen LogP) is 1.97. The van der Waals surface area contributed by atoms with Crippen molar-refractivity contribution in [3.05, 3.63) is 40.5 Å². The largest absolute Gasteiger partial charge is 0.496 e. The summed E-state index contributed by atoms with van der Waals surface area (Å²) >= 11 is 1.52. The van der Waals surface area contributed by atoms with Gasteiger partial charge < -0.3 is 14.7 Å². The first-order valence-electron chi connectivity index (χ1n) is 8.71. The molecule has 0 radical (unpaired) electrons. The van der Waals surface area contributed by atoms with Crippen molar-refractivity contribution < 1.29 is 14.7 Å². The topological polar surface area (TPSA) is 64.1 Å². The van der Waals surface area contributed by atoms with Crippen molar-refractivity contribution >= 4 is 16.3 Å². The minimum absolute atomic E-state index is 0.0326. The molecular formula is C18H23N4O2S+. The molecule has 0 unspecified atom stereocenters. The van der Waals surface area contributed by atoms with Crippen molar-refractivity contribution in [2.45, 2.75) is 32.2 Å². The zero-order valence-corrected chi connectivity index (χ0v) is 15.3. The second kappa shape index (κ2) is 6.65. The van der Waals surface area contributed by atoms with Crippen molar-refractivity contribution in [1.29, 1.82) is 0 Å². The van der Waals surface area contributed by atoms with Crippen molar-refractivity contribution in [3.8, 4) is 11.6 Å². The molecule has 0 amide bonds. The van der Waals surface area contributed by atoms with E-state index >= 15 is 0 Å². The van der Waals surface area contributed by atoms with E-state index in [0.717, 1.165) is 34.2 Å². The number of aromatic hydroxyl groups is 1. The van der Waals surface area contributed by atoms with Crippen molar-refractivity contribution in [2.75, 3.05) is 20.2 Å². The molecule has 132 valence electrons. The molecule has 25 heavy (non-hydrogen) atoms. The Balaban J connectivity index is 1.86. The number of quaternary nitrogens is 1. The number of fused-ring (bicyclic) bond motifs is 1. The Morgan fingerprint density at radius 2 is 2.00 bits per heavy atom. The van der Waals surface area contributed by atoms with Crippen LogP contribution < -0.4 is 9.64 Å². The monoisotopic (exact) mass is 359 g/mol. The number of ether oxygens (including phenoxy) is 1. The van der Waals surface area contributed by atoms with E-state index in [1.165, 1.54) is 35.5 Å². The summed E-state index contributed by atoms with van der Waals surface area (Å²) in [4.78, 5) is 7.54. The van der Waals surface area contributed by atoms with Crippen molar-refractivity contribution in [2.24, 2.45) is 0 Å². The third-order valence-corrected chi connectivity index (χ3v) is 6.01. The van der Waals surface area contributed by atoms with E-state index in [9.17, 15) is 5.11 Å². The summed E-state index contributed by atoms with van der Waals surface area (Å²) in [5, 5.41) is 15.2. The summed E-state index contributed by atoms with van der Waals surface area (Å²) in [6.45, 7) is 4.02. The SMILES string of the molecule is COc1ccccc1[C@H](c1sc2nc(C)nn2c1O)[NH+]1CCCCC1. The quantitative estimate of drug-likeness (QED) is 0.748. The number of likely N-dealkylation sites (tertiary alicyclic amines) is 1. The van der Waals surface area contributed by atoms with Gasteiger partial charge in [-0.3, -0.25) is 0 Å². The van der Waals surface area contributed by atoms with Crippen LogP contribution in [0.4, 0.5) is 0 Å². The van der Waals surface area contributed by atoms with Crippen LogP contribution in [0.1, 0.15) is 41.6 Å². The van der Waals surface area contributed by atoms with E-state index in [2.05, 4.69) is 16.1 Å². The van der Waals surface area contributed by atoms with Crippen LogP contribution in [0.5, 0.6) is 11.6 Å². The lowest BCUT2D eigenvalue weighted by Gasteiger charge is -2.31. The Hall–Kier alpha value is -2.12. The van der Waals surface area contributed by atoms with Crippen LogP contribution in [-0.4, -0.2) is 39.9 Å². The van der Waals surface area contributed by atoms with Gasteiger partial charge in [0.1, 0.15) is 16.5 Å². The summed E-state index contributed by atoms with van der Waals surface area (Å²) in [6, 6.07) is 8.14. The number of benzene rings is 1. The first-order chi connectivity index (χ1) is 12.2. The molecule has 2 aromatic heterocycles. The lowest BCUT2D eigenvalue weighted by Crippen LogP contribution is -3.13. The number of nitrogens with zero attached hydrogens (tertiary/aromatic N) is 3. The molecule has 3 aromatic rings. The minimum atomic E-state index is 0.0326. The predicted molar refractivity (Wildman–Crippen MR) is 96.7 cm³/mol. The molecule has 1 saturated heterocycles. The number of rotatable bonds is 4. The van der Waals surface area contributed by atoms with Gasteiger partial charge in [-0.15, -0.1) is 5.10 Å². The van der Waals surface area contributed by atoms with Crippen LogP contribution in [0.15, 0.2) is 24.3 Å². The molecule has 3 heterocycles. The van der Waals surface area contributed by atoms with Crippen LogP contribution >= 0.6 is 11.3 Å². The van der Waals surface area contributed by atoms with Gasteiger partial charge in [-0.25, -0.2) is 4.98 Å². The van der Waals surface area contributed by atoms with Gasteiger partial charge in [0.25, 0.3) is 0 Å². The normalized spacial score (nSPS) is 17.0. The van der Waals surface area contributed by atoms with E-state index in [-0.39, 0.29) is 11.9 Å². The molecule has 6 nitrogen and oxygen atoms in total. The first kappa shape index (κ1) is 16.4. The Labute approximate surface area is 150 Å². The number of aryl methyl sites for hydroxylation is 1. The van der Waals surface area contributed by atoms with Gasteiger partial charge in [-0.1, -0.05) is 23.5 Å². The van der Waals surface area contributed by atoms with Gasteiger partial charge >= 0.3 is 0 Å². The van der Waals surface area contributed by atoms with Crippen LogP contribution in [0.3, 0.4) is 0 Å². The maximum absolute atomic E-state index is 10.8. The van der Waals surface area contributed by atoms with Gasteiger partial charge in [-0.2, -0.15) is 4.52 Å². The average Bonchev–Trinajstić information content (AvgIpc) is 3.14. The Morgan fingerprint density at radius 3 is 2.72 bits per heavy atom. The summed E-state index contributed by atoms with van der Waals surface area (Å²) in [6.07, 6.45) is 3.70. The molecule has 1 aliphatic heterocycles. The first-order valence-corrected chi connectivity index (χ1v) is 9.53. The van der Waals surface area contributed by atoms with Crippen LogP contribution in [0, 0.1) is 6.92 Å². The van der Waals surface area contributed by atoms with Crippen LogP contribution in [0.25, 0.3) is 4.96 Å². The van der Waals surface area contributed by atoms with E-state index in [1.807, 2.05) is 25.1 Å². The number of aromatic nitrogens is 3. The zero-order chi connectivity index (χ0) is 17.4. The molecule has 1 aromatic carbocycles. The van der Waals surface area contributed by atoms with E-state index in [1.54, 1.807) is 11.6 Å². The van der Waals surface area contributed by atoms with Gasteiger partial charge in [0.15, 0.2) is 6.04 Å². The number of para-hydroxylation sites is 1. The molecular weight excluding hydrogens is 336 g/mol. The maximum atomic E-state index is 10.8. The van der Waals surface area contributed by atoms with Gasteiger partial charge in [0, 0.05) is 0 Å². The number of methoxy groups -OCH3 is 1. The fourth-order valence-electron chi connectivity index (χ4n) is 3.78. The highest BCUT2D eigenvalue weighted by Crippen LogP contribution is 2.38. The van der Waals surface area contributed by atoms with E-state index in [0.29, 0.717) is 5.82 Å². The number of thiazole rings is 1. The third kappa shape index (κ3) is 2.87. The third-order valence-electron chi connectivity index (χ3n) is 4.92. The molecule has 0 aliphatic carbocycles. The second-order valence-corrected chi connectivity index (χ2v) is 7.55. The smallest absolute Gasteiger partial charge is 0.235 e. The van der Waals surface area contributed by atoms with Crippen LogP contribution in [0.2, 0.25) is 0 Å². The second-order valence-electron chi connectivity index (χ2n) is 6.54. The van der Waals surface area contributed by atoms with Crippen LogP contribution in [-0.2, 0) is 0 Å². The molecule has 0 spiro atoms. The van der Waals surface area contributed by atoms with E-state index < -0.39 is 0 Å². The van der Waals surface area contributed by atoms with Gasteiger partial charge in [0.2, 0.25) is 10.8 Å². The number of hydrogen-bond acceptors (Lipinski definition) is 5. The highest BCUT2D eigenvalue weighted by atomic mass is 32.1. The standard InChI is InChI=1S/C18H22N4O2S/c1-12-19-18-22(20-12)17(23)16(25-18)15(21-10-6-3-7-11-21)13-8-4-5-9-14(13)24-2/h4-5,8-9,15,23H,3,6-7,10-11H2,1-2H3/p+1/t15-/m1/s1. The number of piperidine rings is 1. The minimum Gasteiger partial charge on any atom is -0.496 e. The lowest BCUT2D eigenvalue weighted by molar-refractivity contribution is -0.930. The Morgan fingerprint density at radius 1 is 1.24 bits per heavy atom. The molecule has 1 fully saturated rings. The molecule has 0 bridgehead atoms. The van der Waals surface area contributed by atoms with E-state index in [4.69, 9.17) is 4.74 Å². The lowest BCUT2D eigenvalue weighted by atomic mass is 9.99. The molecule has 1 atom stereocenters. The molecule has 1 aliphatic rings. The highest BCUT2D eigenvalue weighted by Gasteiger charge is 2.35. The molecule has 4 rings (SSSR count). The fourth-order valence-corrected chi connectivity index (χ4v) is 4.96. The summed E-state index contributed by atoms with van der Waals surface area (Å²) < 4.78 is 7.18. The summed E-state index contributed by atoms with van der Waals surface area (Å²) in [5.41, 5.74) is 1.11. The zero-order valence-electron chi connectivity index (χ0n) is 14.5. The number of hydrogen-bond donors (Lipinski definition) is 2. The average molecular weight is 359 g/mol. The highest BCUT2D eigenvalue weighted by molar-refractivity contribution is 7.17. The van der Waals surface area contributed by atoms with Crippen molar-refractivity contribution in [1.82, 2.24) is 14.6 Å². The van der Waals surface area contributed by atoms with Gasteiger partial charge in [-0.05, 0) is 38.3 Å². The van der Waals surface area contributed by atoms with Crippen molar-refractivity contribution in [3.63, 3.8) is 0 Å². The molecule has 2 N–H and O–H groups in total.